The lowest BCUT2D eigenvalue weighted by Gasteiger charge is -2.15. The molecule has 11 heavy (non-hydrogen) atoms. The topological polar surface area (TPSA) is 12.0 Å². The Labute approximate surface area is 71.6 Å². The molecular weight excluding hydrogens is 134 g/mol. The second-order valence-electron chi connectivity index (χ2n) is 3.65. The summed E-state index contributed by atoms with van der Waals surface area (Å²) >= 11 is 0. The summed E-state index contributed by atoms with van der Waals surface area (Å²) < 4.78 is 0. The predicted molar refractivity (Wildman–Crippen MR) is 51.8 cm³/mol. The summed E-state index contributed by atoms with van der Waals surface area (Å²) in [7, 11) is 0. The van der Waals surface area contributed by atoms with Gasteiger partial charge < -0.3 is 5.32 Å². The third-order valence-electron chi connectivity index (χ3n) is 2.14. The van der Waals surface area contributed by atoms with Crippen LogP contribution in [0.25, 0.3) is 0 Å². The Kier molecular flexibility index (Phi) is 6.63. The van der Waals surface area contributed by atoms with Crippen LogP contribution in [-0.4, -0.2) is 12.6 Å². The highest BCUT2D eigenvalue weighted by molar-refractivity contribution is 4.62. The maximum Gasteiger partial charge on any atom is 0.00618 e. The molecule has 0 unspecified atom stereocenters. The second-order valence-corrected chi connectivity index (χ2v) is 3.65. The molecule has 0 aromatic carbocycles. The molecular formula is C10H23N. The van der Waals surface area contributed by atoms with Gasteiger partial charge in [0.15, 0.2) is 0 Å². The third-order valence-corrected chi connectivity index (χ3v) is 2.14. The molecule has 0 aliphatic carbocycles. The molecule has 0 aliphatic rings. The first kappa shape index (κ1) is 11.0. The molecule has 0 amide bonds. The Balaban J connectivity index is 3.21. The molecule has 0 saturated heterocycles. The number of nitrogens with one attached hydrogen (secondary N) is 1. The molecule has 0 radical (unpaired) electrons. The first-order chi connectivity index (χ1) is 5.20. The first-order valence-electron chi connectivity index (χ1n) is 4.94. The summed E-state index contributed by atoms with van der Waals surface area (Å²) in [6.07, 6.45) is 3.82. The number of rotatable bonds is 6. The van der Waals surface area contributed by atoms with E-state index in [0.29, 0.717) is 0 Å². The van der Waals surface area contributed by atoms with E-state index in [1.165, 1.54) is 25.8 Å². The van der Waals surface area contributed by atoms with Gasteiger partial charge in [-0.2, -0.15) is 0 Å². The molecule has 1 heteroatoms. The van der Waals surface area contributed by atoms with Crippen LogP contribution >= 0.6 is 0 Å². The van der Waals surface area contributed by atoms with E-state index in [1.807, 2.05) is 0 Å². The predicted octanol–water partition coefficient (Wildman–Crippen LogP) is 2.81. The highest BCUT2D eigenvalue weighted by Gasteiger charge is 2.01. The van der Waals surface area contributed by atoms with Crippen molar-refractivity contribution in [3.05, 3.63) is 0 Å². The van der Waals surface area contributed by atoms with E-state index < -0.39 is 0 Å². The van der Waals surface area contributed by atoms with Crippen LogP contribution in [0.1, 0.15) is 47.0 Å². The molecule has 0 heterocycles. The molecule has 0 fully saturated rings. The van der Waals surface area contributed by atoms with Gasteiger partial charge in [-0.25, -0.2) is 0 Å². The average Bonchev–Trinajstić information content (AvgIpc) is 1.98. The molecule has 0 rings (SSSR count). The molecule has 1 N–H and O–H groups in total. The van der Waals surface area contributed by atoms with Crippen LogP contribution in [0.5, 0.6) is 0 Å². The van der Waals surface area contributed by atoms with Crippen molar-refractivity contribution >= 4 is 0 Å². The van der Waals surface area contributed by atoms with Gasteiger partial charge in [0.2, 0.25) is 0 Å². The second kappa shape index (κ2) is 6.66. The van der Waals surface area contributed by atoms with Gasteiger partial charge >= 0.3 is 0 Å². The van der Waals surface area contributed by atoms with Crippen molar-refractivity contribution in [3.63, 3.8) is 0 Å². The minimum Gasteiger partial charge on any atom is -0.314 e. The summed E-state index contributed by atoms with van der Waals surface area (Å²) in [6, 6.07) is 0.744. The molecule has 0 atom stereocenters. The lowest BCUT2D eigenvalue weighted by atomic mass is 10.1. The van der Waals surface area contributed by atoms with Gasteiger partial charge in [0.25, 0.3) is 0 Å². The van der Waals surface area contributed by atoms with Crippen LogP contribution in [0.15, 0.2) is 0 Å². The number of hydrogen-bond donors (Lipinski definition) is 1. The summed E-state index contributed by atoms with van der Waals surface area (Å²) in [6.45, 7) is 10.2. The van der Waals surface area contributed by atoms with Gasteiger partial charge in [0.1, 0.15) is 0 Å². The summed E-state index contributed by atoms with van der Waals surface area (Å²) in [5.41, 5.74) is 0. The lowest BCUT2D eigenvalue weighted by Crippen LogP contribution is -2.29. The van der Waals surface area contributed by atoms with Crippen LogP contribution in [0.2, 0.25) is 0 Å². The molecule has 1 nitrogen and oxygen atoms in total. The monoisotopic (exact) mass is 157 g/mol. The fourth-order valence-electron chi connectivity index (χ4n) is 1.15. The van der Waals surface area contributed by atoms with E-state index in [9.17, 15) is 0 Å². The average molecular weight is 157 g/mol. The van der Waals surface area contributed by atoms with Crippen LogP contribution < -0.4 is 5.32 Å². The minimum absolute atomic E-state index is 0.744. The van der Waals surface area contributed by atoms with E-state index in [1.54, 1.807) is 0 Å². The molecule has 0 saturated carbocycles. The van der Waals surface area contributed by atoms with Crippen LogP contribution in [0.4, 0.5) is 0 Å². The molecule has 0 spiro atoms. The molecule has 0 aromatic heterocycles. The van der Waals surface area contributed by atoms with E-state index in [4.69, 9.17) is 0 Å². The van der Waals surface area contributed by atoms with Crippen molar-refractivity contribution in [2.75, 3.05) is 6.54 Å². The van der Waals surface area contributed by atoms with Crippen LogP contribution in [0, 0.1) is 5.92 Å². The standard InChI is InChI=1S/C10H23N/c1-5-10(6-2)11-8-7-9(3)4/h9-11H,5-8H2,1-4H3. The van der Waals surface area contributed by atoms with Gasteiger partial charge in [-0.3, -0.25) is 0 Å². The zero-order chi connectivity index (χ0) is 8.69. The smallest absolute Gasteiger partial charge is 0.00618 e. The zero-order valence-electron chi connectivity index (χ0n) is 8.48. The van der Waals surface area contributed by atoms with Gasteiger partial charge in [0, 0.05) is 6.04 Å². The molecule has 0 bridgehead atoms. The van der Waals surface area contributed by atoms with Crippen molar-refractivity contribution in [2.45, 2.75) is 53.0 Å². The van der Waals surface area contributed by atoms with Crippen LogP contribution in [0.3, 0.4) is 0 Å². The fraction of sp³-hybridized carbons (Fsp3) is 1.00. The highest BCUT2D eigenvalue weighted by Crippen LogP contribution is 2.00. The van der Waals surface area contributed by atoms with E-state index in [0.717, 1.165) is 12.0 Å². The summed E-state index contributed by atoms with van der Waals surface area (Å²) in [4.78, 5) is 0. The SMILES string of the molecule is CCC(CC)NCCC(C)C. The highest BCUT2D eigenvalue weighted by atomic mass is 14.9. The normalized spacial score (nSPS) is 11.5. The lowest BCUT2D eigenvalue weighted by molar-refractivity contribution is 0.449. The first-order valence-corrected chi connectivity index (χ1v) is 4.94. The molecule has 0 aromatic rings. The van der Waals surface area contributed by atoms with Crippen molar-refractivity contribution in [1.29, 1.82) is 0 Å². The van der Waals surface area contributed by atoms with Gasteiger partial charge in [0.05, 0.1) is 0 Å². The maximum atomic E-state index is 3.55. The molecule has 0 aliphatic heterocycles. The Bertz CT molecular complexity index is 74.9. The molecule has 68 valence electrons. The Morgan fingerprint density at radius 3 is 2.00 bits per heavy atom. The summed E-state index contributed by atoms with van der Waals surface area (Å²) in [5.74, 6) is 0.830. The summed E-state index contributed by atoms with van der Waals surface area (Å²) in [5, 5.41) is 3.55. The largest absolute Gasteiger partial charge is 0.314 e. The van der Waals surface area contributed by atoms with E-state index in [-0.39, 0.29) is 0 Å². The maximum absolute atomic E-state index is 3.55. The van der Waals surface area contributed by atoms with E-state index in [2.05, 4.69) is 33.0 Å². The zero-order valence-corrected chi connectivity index (χ0v) is 8.48. The quantitative estimate of drug-likeness (QED) is 0.625. The van der Waals surface area contributed by atoms with Crippen molar-refractivity contribution < 1.29 is 0 Å². The van der Waals surface area contributed by atoms with Crippen molar-refractivity contribution in [2.24, 2.45) is 5.92 Å². The number of hydrogen-bond acceptors (Lipinski definition) is 1. The Morgan fingerprint density at radius 1 is 1.09 bits per heavy atom. The van der Waals surface area contributed by atoms with Crippen molar-refractivity contribution in [3.8, 4) is 0 Å². The Morgan fingerprint density at radius 2 is 1.64 bits per heavy atom. The Hall–Kier alpha value is -0.0400. The van der Waals surface area contributed by atoms with Gasteiger partial charge in [-0.1, -0.05) is 27.7 Å². The fourth-order valence-corrected chi connectivity index (χ4v) is 1.15. The van der Waals surface area contributed by atoms with Crippen molar-refractivity contribution in [1.82, 2.24) is 5.32 Å². The van der Waals surface area contributed by atoms with Gasteiger partial charge in [-0.15, -0.1) is 0 Å². The minimum atomic E-state index is 0.744. The van der Waals surface area contributed by atoms with E-state index >= 15 is 0 Å². The van der Waals surface area contributed by atoms with Gasteiger partial charge in [-0.05, 0) is 31.7 Å². The third kappa shape index (κ3) is 6.36. The van der Waals surface area contributed by atoms with Crippen LogP contribution in [-0.2, 0) is 0 Å².